The van der Waals surface area contributed by atoms with Gasteiger partial charge in [0.05, 0.1) is 33.0 Å². The molecule has 4 saturated heterocycles. The van der Waals surface area contributed by atoms with Crippen LogP contribution in [0, 0.1) is 0 Å². The fourth-order valence-corrected chi connectivity index (χ4v) is 6.35. The number of rotatable bonds is 15. The van der Waals surface area contributed by atoms with Crippen molar-refractivity contribution in [3.8, 4) is 0 Å². The van der Waals surface area contributed by atoms with E-state index in [1.807, 2.05) is 0 Å². The Morgan fingerprint density at radius 2 is 1.02 bits per heavy atom. The lowest BCUT2D eigenvalue weighted by Crippen LogP contribution is -2.69. The highest BCUT2D eigenvalue weighted by atomic mass is 16.8. The number of aliphatic hydroxyl groups is 12. The molecule has 4 heterocycles. The predicted octanol–water partition coefficient (Wildman–Crippen LogP) is -9.23. The molecule has 23 heteroatoms. The highest BCUT2D eigenvalue weighted by Gasteiger charge is 2.55. The molecule has 4 aliphatic heterocycles. The minimum atomic E-state index is -2.01. The first-order valence-corrected chi connectivity index (χ1v) is 16.8. The fraction of sp³-hybridized carbons (Fsp3) is 0.966. The van der Waals surface area contributed by atoms with Gasteiger partial charge in [0.25, 0.3) is 0 Å². The van der Waals surface area contributed by atoms with Crippen molar-refractivity contribution in [2.45, 2.75) is 136 Å². The van der Waals surface area contributed by atoms with Gasteiger partial charge in [0.1, 0.15) is 97.6 Å². The molecule has 20 atom stereocenters. The monoisotopic (exact) mass is 764 g/mol. The van der Waals surface area contributed by atoms with Gasteiger partial charge in [-0.3, -0.25) is 4.79 Å². The number of ether oxygens (including phenoxy) is 8. The first-order valence-electron chi connectivity index (χ1n) is 16.8. The zero-order valence-electron chi connectivity index (χ0n) is 28.1. The molecule has 52 heavy (non-hydrogen) atoms. The molecule has 0 aromatic heterocycles. The van der Waals surface area contributed by atoms with Crippen LogP contribution in [0.3, 0.4) is 0 Å². The van der Waals surface area contributed by atoms with Crippen molar-refractivity contribution < 1.29 is 104 Å². The van der Waals surface area contributed by atoms with Crippen LogP contribution in [0.15, 0.2) is 0 Å². The van der Waals surface area contributed by atoms with Crippen LogP contribution in [0.4, 0.5) is 0 Å². The smallest absolute Gasteiger partial charge is 0.217 e. The van der Waals surface area contributed by atoms with Crippen molar-refractivity contribution in [2.24, 2.45) is 5.73 Å². The van der Waals surface area contributed by atoms with Gasteiger partial charge < -0.3 is 110 Å². The van der Waals surface area contributed by atoms with Gasteiger partial charge >= 0.3 is 0 Å². The van der Waals surface area contributed by atoms with E-state index in [-0.39, 0.29) is 13.2 Å². The van der Waals surface area contributed by atoms with Gasteiger partial charge in [-0.2, -0.15) is 0 Å². The average molecular weight is 765 g/mol. The average Bonchev–Trinajstić information content (AvgIpc) is 3.12. The molecule has 0 aliphatic carbocycles. The van der Waals surface area contributed by atoms with Gasteiger partial charge in [-0.1, -0.05) is 0 Å². The summed E-state index contributed by atoms with van der Waals surface area (Å²) in [7, 11) is 0. The second-order valence-electron chi connectivity index (χ2n) is 12.9. The Kier molecular flexibility index (Phi) is 16.2. The van der Waals surface area contributed by atoms with E-state index in [1.54, 1.807) is 0 Å². The molecule has 304 valence electrons. The summed E-state index contributed by atoms with van der Waals surface area (Å²) in [6.07, 6.45) is -32.0. The van der Waals surface area contributed by atoms with E-state index in [9.17, 15) is 66.1 Å². The molecule has 15 N–H and O–H groups in total. The summed E-state index contributed by atoms with van der Waals surface area (Å²) in [5.74, 6) is -0.747. The van der Waals surface area contributed by atoms with Gasteiger partial charge in [-0.05, 0) is 13.0 Å². The number of hydrogen-bond donors (Lipinski definition) is 14. The maximum absolute atomic E-state index is 12.2. The highest BCUT2D eigenvalue weighted by molar-refractivity contribution is 5.73. The van der Waals surface area contributed by atoms with Crippen molar-refractivity contribution in [3.63, 3.8) is 0 Å². The molecule has 20 unspecified atom stereocenters. The Morgan fingerprint density at radius 3 is 1.56 bits per heavy atom. The first-order chi connectivity index (χ1) is 24.7. The van der Waals surface area contributed by atoms with Gasteiger partial charge in [0.15, 0.2) is 25.2 Å². The molecule has 1 amide bonds. The first kappa shape index (κ1) is 43.4. The second-order valence-corrected chi connectivity index (χ2v) is 12.9. The standard InChI is InChI=1S/C29H52N2O21/c1-9(36)31-14-17(39)23(50-28-20(42)18(40)15(37)10(5-32)46-28)12(7-34)48-26(14)52-25-16(38)11(6-33)47-29(22(25)44)51-24-13(8-35)49-27(21(43)19(24)41)45-4-2-3-30/h10-29,32-35,37-44H,2-8,30H2,1H3,(H,31,36). The number of amides is 1. The second kappa shape index (κ2) is 19.5. The maximum atomic E-state index is 12.2. The lowest BCUT2D eigenvalue weighted by molar-refractivity contribution is -0.381. The number of nitrogens with one attached hydrogen (secondary N) is 1. The van der Waals surface area contributed by atoms with E-state index < -0.39 is 155 Å². The quantitative estimate of drug-likeness (QED) is 0.0688. The van der Waals surface area contributed by atoms with E-state index in [1.165, 1.54) is 0 Å². The Hall–Kier alpha value is -1.37. The van der Waals surface area contributed by atoms with Crippen molar-refractivity contribution >= 4 is 5.91 Å². The van der Waals surface area contributed by atoms with Crippen LogP contribution in [0.1, 0.15) is 13.3 Å². The number of nitrogens with two attached hydrogens (primary N) is 1. The molecule has 23 nitrogen and oxygen atoms in total. The summed E-state index contributed by atoms with van der Waals surface area (Å²) in [5, 5.41) is 128. The number of carbonyl (C=O) groups is 1. The van der Waals surface area contributed by atoms with Crippen LogP contribution in [0.2, 0.25) is 0 Å². The molecular weight excluding hydrogens is 712 g/mol. The lowest BCUT2D eigenvalue weighted by Gasteiger charge is -2.50. The van der Waals surface area contributed by atoms with E-state index in [2.05, 4.69) is 5.32 Å². The van der Waals surface area contributed by atoms with Crippen molar-refractivity contribution in [3.05, 3.63) is 0 Å². The third-order valence-corrected chi connectivity index (χ3v) is 9.22. The number of carbonyl (C=O) groups excluding carboxylic acids is 1. The number of hydrogen-bond acceptors (Lipinski definition) is 22. The minimum Gasteiger partial charge on any atom is -0.394 e. The van der Waals surface area contributed by atoms with E-state index in [0.29, 0.717) is 6.42 Å². The third-order valence-electron chi connectivity index (χ3n) is 9.22. The summed E-state index contributed by atoms with van der Waals surface area (Å²) in [5.41, 5.74) is 5.45. The molecule has 4 rings (SSSR count). The fourth-order valence-electron chi connectivity index (χ4n) is 6.35. The third kappa shape index (κ3) is 9.52. The van der Waals surface area contributed by atoms with Crippen LogP contribution in [0.5, 0.6) is 0 Å². The molecule has 0 bridgehead atoms. The van der Waals surface area contributed by atoms with Gasteiger partial charge in [0, 0.05) is 6.92 Å². The summed E-state index contributed by atoms with van der Waals surface area (Å²) >= 11 is 0. The largest absolute Gasteiger partial charge is 0.394 e. The summed E-state index contributed by atoms with van der Waals surface area (Å²) in [6.45, 7) is -1.95. The van der Waals surface area contributed by atoms with Crippen LogP contribution < -0.4 is 11.1 Å². The summed E-state index contributed by atoms with van der Waals surface area (Å²) in [6, 6.07) is -1.61. The Morgan fingerprint density at radius 1 is 0.558 bits per heavy atom. The normalized spacial score (nSPS) is 47.3. The zero-order valence-corrected chi connectivity index (χ0v) is 28.1. The minimum absolute atomic E-state index is 0.0589. The molecule has 0 aromatic rings. The Bertz CT molecular complexity index is 1100. The van der Waals surface area contributed by atoms with Crippen LogP contribution in [-0.4, -0.2) is 230 Å². The molecular formula is C29H52N2O21. The molecule has 0 radical (unpaired) electrons. The van der Waals surface area contributed by atoms with Crippen LogP contribution >= 0.6 is 0 Å². The molecule has 0 aromatic carbocycles. The van der Waals surface area contributed by atoms with Crippen LogP contribution in [-0.2, 0) is 42.7 Å². The van der Waals surface area contributed by atoms with Crippen molar-refractivity contribution in [1.29, 1.82) is 0 Å². The predicted molar refractivity (Wildman–Crippen MR) is 163 cm³/mol. The van der Waals surface area contributed by atoms with Crippen molar-refractivity contribution in [1.82, 2.24) is 5.32 Å². The molecule has 0 spiro atoms. The highest BCUT2D eigenvalue weighted by Crippen LogP contribution is 2.34. The molecule has 0 saturated carbocycles. The topological polar surface area (TPSA) is 372 Å². The Balaban J connectivity index is 1.53. The maximum Gasteiger partial charge on any atom is 0.217 e. The van der Waals surface area contributed by atoms with E-state index >= 15 is 0 Å². The molecule has 4 fully saturated rings. The Labute approximate surface area is 296 Å². The molecule has 4 aliphatic rings. The lowest BCUT2D eigenvalue weighted by atomic mass is 9.94. The van der Waals surface area contributed by atoms with Gasteiger partial charge in [-0.15, -0.1) is 0 Å². The summed E-state index contributed by atoms with van der Waals surface area (Å²) < 4.78 is 44.9. The van der Waals surface area contributed by atoms with Crippen LogP contribution in [0.25, 0.3) is 0 Å². The van der Waals surface area contributed by atoms with E-state index in [0.717, 1.165) is 6.92 Å². The SMILES string of the molecule is CC(=O)NC1C(OC2C(O)C(CO)OC(OC3C(CO)OC(OCCCN)C(O)C3O)C2O)OC(CO)C(OC2OC(CO)C(O)C(O)C2O)C1O. The van der Waals surface area contributed by atoms with Crippen molar-refractivity contribution in [2.75, 3.05) is 39.6 Å². The van der Waals surface area contributed by atoms with Gasteiger partial charge in [-0.25, -0.2) is 0 Å². The zero-order chi connectivity index (χ0) is 38.4. The van der Waals surface area contributed by atoms with E-state index in [4.69, 9.17) is 43.6 Å². The number of aliphatic hydroxyl groups excluding tert-OH is 12. The van der Waals surface area contributed by atoms with Gasteiger partial charge in [0.2, 0.25) is 5.91 Å². The summed E-state index contributed by atoms with van der Waals surface area (Å²) in [4.78, 5) is 12.2.